The summed E-state index contributed by atoms with van der Waals surface area (Å²) in [7, 11) is 1.23. The van der Waals surface area contributed by atoms with Crippen molar-refractivity contribution in [3.05, 3.63) is 36.5 Å². The van der Waals surface area contributed by atoms with E-state index in [1.807, 2.05) is 27.2 Å². The number of rotatable bonds is 45. The number of aliphatic hydroxyl groups excluding tert-OH is 1. The van der Waals surface area contributed by atoms with Gasteiger partial charge in [0.25, 0.3) is 7.82 Å². The van der Waals surface area contributed by atoms with Gasteiger partial charge in [0.15, 0.2) is 0 Å². The number of quaternary nitrogens is 1. The molecular weight excluding hydrogens is 756 g/mol. The second kappa shape index (κ2) is 42.0. The Bertz CT molecular complexity index is 1060. The molecule has 0 bridgehead atoms. The van der Waals surface area contributed by atoms with Crippen LogP contribution in [-0.4, -0.2) is 68.5 Å². The van der Waals surface area contributed by atoms with E-state index in [-0.39, 0.29) is 12.5 Å². The Balaban J connectivity index is 3.98. The van der Waals surface area contributed by atoms with Gasteiger partial charge in [0.2, 0.25) is 5.91 Å². The predicted octanol–water partition coefficient (Wildman–Crippen LogP) is 13.6. The molecule has 0 radical (unpaired) electrons. The van der Waals surface area contributed by atoms with Gasteiger partial charge in [-0.1, -0.05) is 211 Å². The topological polar surface area (TPSA) is 108 Å². The molecule has 0 aromatic carbocycles. The number of nitrogens with zero attached hydrogens (tertiary/aromatic N) is 1. The Morgan fingerprint density at radius 3 is 1.37 bits per heavy atom. The lowest BCUT2D eigenvalue weighted by atomic mass is 10.0. The highest BCUT2D eigenvalue weighted by atomic mass is 31.2. The third-order valence-corrected chi connectivity index (χ3v) is 12.0. The predicted molar refractivity (Wildman–Crippen MR) is 251 cm³/mol. The van der Waals surface area contributed by atoms with E-state index in [1.54, 1.807) is 6.08 Å². The van der Waals surface area contributed by atoms with Gasteiger partial charge < -0.3 is 28.8 Å². The molecule has 3 atom stereocenters. The van der Waals surface area contributed by atoms with Crippen LogP contribution in [-0.2, 0) is 18.4 Å². The Labute approximate surface area is 366 Å². The van der Waals surface area contributed by atoms with E-state index < -0.39 is 26.6 Å². The minimum atomic E-state index is -4.59. The van der Waals surface area contributed by atoms with Crippen LogP contribution in [0.4, 0.5) is 0 Å². The summed E-state index contributed by atoms with van der Waals surface area (Å²) in [5.74, 6) is -0.225. The third kappa shape index (κ3) is 44.6. The van der Waals surface area contributed by atoms with Crippen LogP contribution in [0.2, 0.25) is 0 Å². The highest BCUT2D eigenvalue weighted by Crippen LogP contribution is 2.38. The number of unbranched alkanes of at least 4 members (excludes halogenated alkanes) is 28. The summed E-state index contributed by atoms with van der Waals surface area (Å²) in [5.41, 5.74) is 0. The van der Waals surface area contributed by atoms with E-state index in [2.05, 4.69) is 43.5 Å². The molecule has 0 aromatic rings. The lowest BCUT2D eigenvalue weighted by Crippen LogP contribution is -2.45. The zero-order valence-electron chi connectivity index (χ0n) is 39.5. The van der Waals surface area contributed by atoms with Crippen LogP contribution >= 0.6 is 7.82 Å². The van der Waals surface area contributed by atoms with Crippen molar-refractivity contribution < 1.29 is 32.9 Å². The maximum atomic E-state index is 12.6. The molecule has 9 heteroatoms. The fourth-order valence-electron chi connectivity index (χ4n) is 7.13. The minimum absolute atomic E-state index is 0.00890. The summed E-state index contributed by atoms with van der Waals surface area (Å²) in [6.45, 7) is 4.52. The molecule has 0 saturated heterocycles. The second-order valence-corrected chi connectivity index (χ2v) is 19.6. The van der Waals surface area contributed by atoms with E-state index in [1.165, 1.54) is 148 Å². The highest BCUT2D eigenvalue weighted by Gasteiger charge is 2.23. The molecule has 2 N–H and O–H groups in total. The molecule has 0 heterocycles. The van der Waals surface area contributed by atoms with Crippen molar-refractivity contribution >= 4 is 13.7 Å². The smallest absolute Gasteiger partial charge is 0.268 e. The first-order valence-corrected chi connectivity index (χ1v) is 26.3. The van der Waals surface area contributed by atoms with E-state index >= 15 is 0 Å². The minimum Gasteiger partial charge on any atom is -0.756 e. The van der Waals surface area contributed by atoms with Gasteiger partial charge in [-0.3, -0.25) is 9.36 Å². The van der Waals surface area contributed by atoms with Gasteiger partial charge in [-0.25, -0.2) is 0 Å². The number of phosphoric ester groups is 1. The van der Waals surface area contributed by atoms with Crippen LogP contribution < -0.4 is 10.2 Å². The molecule has 1 amide bonds. The van der Waals surface area contributed by atoms with Crippen LogP contribution in [0, 0.1) is 0 Å². The summed E-state index contributed by atoms with van der Waals surface area (Å²) in [5, 5.41) is 13.6. The van der Waals surface area contributed by atoms with Crippen molar-refractivity contribution in [2.24, 2.45) is 0 Å². The van der Waals surface area contributed by atoms with Gasteiger partial charge in [0, 0.05) is 6.42 Å². The fraction of sp³-hybridized carbons (Fsp3) is 0.860. The zero-order chi connectivity index (χ0) is 43.6. The first-order chi connectivity index (χ1) is 28.5. The lowest BCUT2D eigenvalue weighted by Gasteiger charge is -2.29. The van der Waals surface area contributed by atoms with Crippen molar-refractivity contribution in [3.8, 4) is 0 Å². The van der Waals surface area contributed by atoms with E-state index in [4.69, 9.17) is 9.05 Å². The van der Waals surface area contributed by atoms with Gasteiger partial charge in [-0.2, -0.15) is 0 Å². The monoisotopic (exact) mass is 853 g/mol. The van der Waals surface area contributed by atoms with Crippen molar-refractivity contribution in [1.29, 1.82) is 0 Å². The van der Waals surface area contributed by atoms with Gasteiger partial charge in [0.05, 0.1) is 39.9 Å². The molecule has 0 aliphatic heterocycles. The molecule has 0 spiro atoms. The summed E-state index contributed by atoms with van der Waals surface area (Å²) >= 11 is 0. The quantitative estimate of drug-likeness (QED) is 0.0273. The number of amides is 1. The molecule has 59 heavy (non-hydrogen) atoms. The average molecular weight is 853 g/mol. The Morgan fingerprint density at radius 2 is 0.949 bits per heavy atom. The molecule has 0 fully saturated rings. The number of hydrogen-bond donors (Lipinski definition) is 2. The number of carbonyl (C=O) groups excluding carboxylic acids is 1. The Morgan fingerprint density at radius 1 is 0.576 bits per heavy atom. The molecule has 3 unspecified atom stereocenters. The number of aliphatic hydroxyl groups is 1. The number of allylic oxidation sites excluding steroid dienone is 5. The highest BCUT2D eigenvalue weighted by molar-refractivity contribution is 7.45. The van der Waals surface area contributed by atoms with Crippen LogP contribution in [0.5, 0.6) is 0 Å². The number of phosphoric acid groups is 1. The average Bonchev–Trinajstić information content (AvgIpc) is 3.19. The molecule has 0 saturated carbocycles. The van der Waals surface area contributed by atoms with Crippen LogP contribution in [0.1, 0.15) is 226 Å². The zero-order valence-corrected chi connectivity index (χ0v) is 40.4. The SMILES string of the molecule is CCCCCCCCCCCCCCCCCCCCCCCC/C=C/CC/C=C/CC/C=C/C(O)C(COP(=O)([O-])OCC[N+](C)(C)C)NC(=O)CCCCCCC. The van der Waals surface area contributed by atoms with Crippen LogP contribution in [0.25, 0.3) is 0 Å². The molecule has 0 rings (SSSR count). The second-order valence-electron chi connectivity index (χ2n) is 18.2. The van der Waals surface area contributed by atoms with Gasteiger partial charge in [0.1, 0.15) is 13.2 Å². The largest absolute Gasteiger partial charge is 0.756 e. The standard InChI is InChI=1S/C50H97N2O6P/c1-6-8-10-12-13-14-15-16-17-18-19-20-21-22-23-24-25-26-27-28-29-30-31-32-33-34-35-36-37-38-40-41-43-49(53)48(51-50(54)44-42-39-11-9-7-2)47-58-59(55,56)57-46-45-52(3,4)5/h32-33,36-37,41,43,48-49,53H,6-31,34-35,38-40,42,44-47H2,1-5H3,(H-,51,54,55,56)/b33-32+,37-36+,43-41+. The summed E-state index contributed by atoms with van der Waals surface area (Å²) in [6, 6.07) is -0.903. The first kappa shape index (κ1) is 57.7. The van der Waals surface area contributed by atoms with Gasteiger partial charge >= 0.3 is 0 Å². The number of hydrogen-bond acceptors (Lipinski definition) is 6. The van der Waals surface area contributed by atoms with Gasteiger partial charge in [-0.15, -0.1) is 0 Å². The molecular formula is C50H97N2O6P. The first-order valence-electron chi connectivity index (χ1n) is 24.9. The molecule has 0 aromatic heterocycles. The van der Waals surface area contributed by atoms with Crippen molar-refractivity contribution in [2.45, 2.75) is 238 Å². The Hall–Kier alpha value is -1.28. The van der Waals surface area contributed by atoms with Crippen molar-refractivity contribution in [1.82, 2.24) is 5.32 Å². The molecule has 8 nitrogen and oxygen atoms in total. The normalized spacial score (nSPS) is 14.5. The maximum absolute atomic E-state index is 12.6. The summed E-state index contributed by atoms with van der Waals surface area (Å²) in [6.07, 6.45) is 52.9. The van der Waals surface area contributed by atoms with E-state index in [0.29, 0.717) is 17.4 Å². The van der Waals surface area contributed by atoms with E-state index in [0.717, 1.165) is 57.8 Å². The van der Waals surface area contributed by atoms with Gasteiger partial charge in [-0.05, 0) is 44.9 Å². The number of likely N-dealkylation sites (N-methyl/N-ethyl adjacent to an activating group) is 1. The van der Waals surface area contributed by atoms with Crippen molar-refractivity contribution in [3.63, 3.8) is 0 Å². The van der Waals surface area contributed by atoms with Crippen molar-refractivity contribution in [2.75, 3.05) is 40.9 Å². The molecule has 0 aliphatic carbocycles. The summed E-state index contributed by atoms with van der Waals surface area (Å²) < 4.78 is 23.0. The molecule has 348 valence electrons. The fourth-order valence-corrected chi connectivity index (χ4v) is 7.85. The lowest BCUT2D eigenvalue weighted by molar-refractivity contribution is -0.870. The molecule has 0 aliphatic rings. The number of nitrogens with one attached hydrogen (secondary N) is 1. The number of carbonyl (C=O) groups is 1. The van der Waals surface area contributed by atoms with Crippen LogP contribution in [0.15, 0.2) is 36.5 Å². The third-order valence-electron chi connectivity index (χ3n) is 11.1. The maximum Gasteiger partial charge on any atom is 0.268 e. The Kier molecular flexibility index (Phi) is 41.1. The summed E-state index contributed by atoms with van der Waals surface area (Å²) in [4.78, 5) is 25.0. The van der Waals surface area contributed by atoms with Crippen LogP contribution in [0.3, 0.4) is 0 Å². The van der Waals surface area contributed by atoms with E-state index in [9.17, 15) is 19.4 Å².